The average Bonchev–Trinajstić information content (AvgIpc) is 2.91. The molecule has 4 aromatic carbocycles. The van der Waals surface area contributed by atoms with E-state index in [-0.39, 0.29) is 10.8 Å². The van der Waals surface area contributed by atoms with Crippen molar-refractivity contribution in [1.29, 1.82) is 0 Å². The number of hydrogen-bond donors (Lipinski definition) is 2. The van der Waals surface area contributed by atoms with Crippen LogP contribution in [-0.4, -0.2) is 20.9 Å². The van der Waals surface area contributed by atoms with E-state index in [0.717, 1.165) is 36.0 Å². The van der Waals surface area contributed by atoms with Crippen LogP contribution >= 0.6 is 15.9 Å². The quantitative estimate of drug-likeness (QED) is 0.265. The summed E-state index contributed by atoms with van der Waals surface area (Å²) in [7, 11) is -3.74. The lowest BCUT2D eigenvalue weighted by Gasteiger charge is -2.31. The van der Waals surface area contributed by atoms with Gasteiger partial charge in [-0.05, 0) is 90.7 Å². The Labute approximate surface area is 225 Å². The van der Waals surface area contributed by atoms with Crippen LogP contribution in [0.15, 0.2) is 106 Å². The number of halogens is 1. The maximum absolute atomic E-state index is 12.8. The van der Waals surface area contributed by atoms with Crippen LogP contribution in [-0.2, 0) is 23.0 Å². The Hall–Kier alpha value is -3.62. The number of nitrogens with one attached hydrogen (secondary N) is 2. The third kappa shape index (κ3) is 6.03. The molecule has 4 aromatic rings. The molecule has 0 spiro atoms. The SMILES string of the molecule is O=C(Nc1ccc(S(=O)(=O)Nc2ccc(Br)cc2)cc1)c1ccc(CN2CCCc3ccccc32)cc1. The van der Waals surface area contributed by atoms with E-state index in [1.54, 1.807) is 36.4 Å². The second kappa shape index (κ2) is 10.8. The first-order valence-corrected chi connectivity index (χ1v) is 14.3. The fourth-order valence-electron chi connectivity index (χ4n) is 4.41. The van der Waals surface area contributed by atoms with Gasteiger partial charge in [-0.25, -0.2) is 8.42 Å². The molecule has 0 radical (unpaired) electrons. The van der Waals surface area contributed by atoms with Crippen molar-refractivity contribution in [3.05, 3.63) is 118 Å². The lowest BCUT2D eigenvalue weighted by molar-refractivity contribution is 0.102. The Morgan fingerprint density at radius 1 is 0.838 bits per heavy atom. The van der Waals surface area contributed by atoms with E-state index in [1.165, 1.54) is 23.4 Å². The zero-order valence-corrected chi connectivity index (χ0v) is 22.4. The van der Waals surface area contributed by atoms with Crippen LogP contribution in [0.25, 0.3) is 0 Å². The summed E-state index contributed by atoms with van der Waals surface area (Å²) >= 11 is 3.33. The van der Waals surface area contributed by atoms with E-state index in [4.69, 9.17) is 0 Å². The molecule has 6 nitrogen and oxygen atoms in total. The molecule has 0 saturated carbocycles. The highest BCUT2D eigenvalue weighted by atomic mass is 79.9. The molecule has 0 bridgehead atoms. The van der Waals surface area contributed by atoms with Crippen LogP contribution in [0.1, 0.15) is 27.9 Å². The molecule has 0 saturated heterocycles. The van der Waals surface area contributed by atoms with Crippen LogP contribution in [0.4, 0.5) is 17.1 Å². The van der Waals surface area contributed by atoms with Crippen LogP contribution in [0.2, 0.25) is 0 Å². The van der Waals surface area contributed by atoms with Gasteiger partial charge in [0.1, 0.15) is 0 Å². The van der Waals surface area contributed by atoms with Crippen LogP contribution in [0.5, 0.6) is 0 Å². The van der Waals surface area contributed by atoms with Crippen LogP contribution < -0.4 is 14.9 Å². The Bertz CT molecular complexity index is 1500. The average molecular weight is 577 g/mol. The molecule has 5 rings (SSSR count). The Morgan fingerprint density at radius 3 is 2.24 bits per heavy atom. The first-order valence-electron chi connectivity index (χ1n) is 12.0. The lowest BCUT2D eigenvalue weighted by atomic mass is 10.0. The first kappa shape index (κ1) is 25.0. The second-order valence-corrected chi connectivity index (χ2v) is 11.5. The molecule has 1 aliphatic rings. The van der Waals surface area contributed by atoms with Gasteiger partial charge in [-0.1, -0.05) is 46.3 Å². The lowest BCUT2D eigenvalue weighted by Crippen LogP contribution is -2.28. The van der Waals surface area contributed by atoms with Gasteiger partial charge in [0.25, 0.3) is 15.9 Å². The van der Waals surface area contributed by atoms with E-state index in [9.17, 15) is 13.2 Å². The van der Waals surface area contributed by atoms with Gasteiger partial charge in [0.15, 0.2) is 0 Å². The number of sulfonamides is 1. The minimum absolute atomic E-state index is 0.108. The Kier molecular flexibility index (Phi) is 7.30. The standard InChI is InChI=1S/C29H26BrN3O3S/c30-24-11-13-26(14-12-24)32-37(35,36)27-17-15-25(16-18-27)31-29(34)23-9-7-21(8-10-23)20-33-19-3-5-22-4-1-2-6-28(22)33/h1-2,4,6-18,32H,3,5,19-20H2,(H,31,34). The number of rotatable bonds is 7. The van der Waals surface area contributed by atoms with Gasteiger partial charge < -0.3 is 10.2 Å². The maximum Gasteiger partial charge on any atom is 0.261 e. The predicted molar refractivity (Wildman–Crippen MR) is 152 cm³/mol. The Morgan fingerprint density at radius 2 is 1.51 bits per heavy atom. The molecule has 0 unspecified atom stereocenters. The van der Waals surface area contributed by atoms with Gasteiger partial charge in [-0.3, -0.25) is 9.52 Å². The summed E-state index contributed by atoms with van der Waals surface area (Å²) in [6.07, 6.45) is 2.25. The van der Waals surface area contributed by atoms with E-state index in [2.05, 4.69) is 55.1 Å². The largest absolute Gasteiger partial charge is 0.367 e. The molecule has 0 aromatic heterocycles. The van der Waals surface area contributed by atoms with Crippen molar-refractivity contribution in [2.75, 3.05) is 21.5 Å². The number of carbonyl (C=O) groups excluding carboxylic acids is 1. The maximum atomic E-state index is 12.8. The number of anilines is 3. The van der Waals surface area contributed by atoms with Crippen molar-refractivity contribution in [1.82, 2.24) is 0 Å². The summed E-state index contributed by atoms with van der Waals surface area (Å²) in [6.45, 7) is 1.81. The van der Waals surface area contributed by atoms with Crippen molar-refractivity contribution >= 4 is 48.9 Å². The van der Waals surface area contributed by atoms with Crippen LogP contribution in [0, 0.1) is 0 Å². The highest BCUT2D eigenvalue weighted by Gasteiger charge is 2.17. The molecule has 1 amide bonds. The van der Waals surface area contributed by atoms with Crippen molar-refractivity contribution in [3.8, 4) is 0 Å². The van der Waals surface area contributed by atoms with Crippen molar-refractivity contribution in [2.45, 2.75) is 24.3 Å². The third-order valence-corrected chi connectivity index (χ3v) is 8.24. The van der Waals surface area contributed by atoms with Crippen molar-refractivity contribution < 1.29 is 13.2 Å². The summed E-state index contributed by atoms with van der Waals surface area (Å²) in [4.78, 5) is 15.3. The molecule has 188 valence electrons. The van der Waals surface area contributed by atoms with Gasteiger partial charge in [-0.15, -0.1) is 0 Å². The smallest absolute Gasteiger partial charge is 0.261 e. The molecule has 1 heterocycles. The number of benzene rings is 4. The van der Waals surface area contributed by atoms with Crippen molar-refractivity contribution in [3.63, 3.8) is 0 Å². The number of carbonyl (C=O) groups is 1. The molecular formula is C29H26BrN3O3S. The molecule has 0 fully saturated rings. The fourth-order valence-corrected chi connectivity index (χ4v) is 5.73. The zero-order valence-electron chi connectivity index (χ0n) is 20.0. The number of nitrogens with zero attached hydrogens (tertiary/aromatic N) is 1. The fraction of sp³-hybridized carbons (Fsp3) is 0.138. The number of fused-ring (bicyclic) bond motifs is 1. The molecule has 0 atom stereocenters. The predicted octanol–water partition coefficient (Wildman–Crippen LogP) is 6.46. The van der Waals surface area contributed by atoms with Gasteiger partial charge >= 0.3 is 0 Å². The molecule has 8 heteroatoms. The molecule has 0 aliphatic carbocycles. The van der Waals surface area contributed by atoms with Crippen molar-refractivity contribution in [2.24, 2.45) is 0 Å². The zero-order chi connectivity index (χ0) is 25.8. The molecule has 2 N–H and O–H groups in total. The van der Waals surface area contributed by atoms with Gasteiger partial charge in [-0.2, -0.15) is 0 Å². The van der Waals surface area contributed by atoms with E-state index in [0.29, 0.717) is 16.9 Å². The molecule has 37 heavy (non-hydrogen) atoms. The summed E-state index contributed by atoms with van der Waals surface area (Å²) in [6, 6.07) is 29.1. The van der Waals surface area contributed by atoms with Gasteiger partial charge in [0.05, 0.1) is 4.90 Å². The minimum atomic E-state index is -3.74. The van der Waals surface area contributed by atoms with Crippen LogP contribution in [0.3, 0.4) is 0 Å². The second-order valence-electron chi connectivity index (χ2n) is 8.94. The van der Waals surface area contributed by atoms with E-state index < -0.39 is 10.0 Å². The van der Waals surface area contributed by atoms with Gasteiger partial charge in [0, 0.05) is 40.2 Å². The summed E-state index contributed by atoms with van der Waals surface area (Å²) in [5, 5.41) is 2.84. The minimum Gasteiger partial charge on any atom is -0.367 e. The number of hydrogen-bond acceptors (Lipinski definition) is 4. The molecular weight excluding hydrogens is 550 g/mol. The number of amides is 1. The highest BCUT2D eigenvalue weighted by molar-refractivity contribution is 9.10. The summed E-state index contributed by atoms with van der Waals surface area (Å²) in [5.41, 5.74) is 5.33. The highest BCUT2D eigenvalue weighted by Crippen LogP contribution is 2.28. The third-order valence-electron chi connectivity index (χ3n) is 6.31. The monoisotopic (exact) mass is 575 g/mol. The number of para-hydroxylation sites is 1. The number of aryl methyl sites for hydroxylation is 1. The van der Waals surface area contributed by atoms with Gasteiger partial charge in [0.2, 0.25) is 0 Å². The normalized spacial score (nSPS) is 13.1. The summed E-state index contributed by atoms with van der Waals surface area (Å²) in [5.74, 6) is -0.251. The topological polar surface area (TPSA) is 78.5 Å². The summed E-state index contributed by atoms with van der Waals surface area (Å²) < 4.78 is 28.7. The molecule has 1 aliphatic heterocycles. The Balaban J connectivity index is 1.21. The first-order chi connectivity index (χ1) is 17.9. The van der Waals surface area contributed by atoms with E-state index in [1.807, 2.05) is 24.3 Å². The van der Waals surface area contributed by atoms with E-state index >= 15 is 0 Å².